The molecule has 6 nitrogen and oxygen atoms in total. The second kappa shape index (κ2) is 11.6. The lowest BCUT2D eigenvalue weighted by molar-refractivity contribution is 0.438. The molecule has 2 aromatic heterocycles. The molecule has 4 aromatic rings. The molecule has 0 aliphatic carbocycles. The number of thiocarbonyl (C=S) groups is 1. The van der Waals surface area contributed by atoms with Crippen LogP contribution in [0.2, 0.25) is 5.02 Å². The van der Waals surface area contributed by atoms with Crippen molar-refractivity contribution in [3.63, 3.8) is 0 Å². The van der Waals surface area contributed by atoms with E-state index in [2.05, 4.69) is 114 Å². The molecule has 2 saturated heterocycles. The normalized spacial score (nSPS) is 19.3. The number of hydrogen-bond donors (Lipinski definition) is 1. The molecule has 2 aliphatic heterocycles. The van der Waals surface area contributed by atoms with Crippen molar-refractivity contribution in [2.45, 2.75) is 45.7 Å². The van der Waals surface area contributed by atoms with E-state index in [0.29, 0.717) is 5.11 Å². The Labute approximate surface area is 259 Å². The molecule has 2 aromatic carbocycles. The third-order valence-electron chi connectivity index (χ3n) is 8.85. The minimum atomic E-state index is -0.120. The standard InChI is InChI=1S/C34H39ClN6S/c1-22-15-18-39(19-16-22)31-14-13-27(21-29(31)35)41-33(32(37-34(41)42)30-8-6-7-17-36-30)28-20-23(2)40(24(28)3)26-11-9-25(10-12-26)38(4)5/h6-14,17,20-22,32-33H,15-16,18-19H2,1-5H3,(H,37,42)/t32-,33+/m1/s1. The maximum absolute atomic E-state index is 7.00. The Morgan fingerprint density at radius 3 is 2.31 bits per heavy atom. The summed E-state index contributed by atoms with van der Waals surface area (Å²) in [6.45, 7) is 8.77. The summed E-state index contributed by atoms with van der Waals surface area (Å²) in [7, 11) is 4.13. The van der Waals surface area contributed by atoms with E-state index in [9.17, 15) is 0 Å². The van der Waals surface area contributed by atoms with Crippen molar-refractivity contribution < 1.29 is 0 Å². The first-order valence-electron chi connectivity index (χ1n) is 14.7. The predicted octanol–water partition coefficient (Wildman–Crippen LogP) is 7.62. The number of piperidine rings is 1. The zero-order valence-corrected chi connectivity index (χ0v) is 26.6. The number of aryl methyl sites for hydroxylation is 1. The summed E-state index contributed by atoms with van der Waals surface area (Å²) in [6, 6.07) is 23.2. The van der Waals surface area contributed by atoms with Crippen LogP contribution in [0.15, 0.2) is 72.9 Å². The molecule has 0 bridgehead atoms. The fourth-order valence-electron chi connectivity index (χ4n) is 6.48. The summed E-state index contributed by atoms with van der Waals surface area (Å²) in [6.07, 6.45) is 4.24. The third kappa shape index (κ3) is 5.25. The molecule has 0 saturated carbocycles. The van der Waals surface area contributed by atoms with E-state index >= 15 is 0 Å². The summed E-state index contributed by atoms with van der Waals surface area (Å²) >= 11 is 13.0. The summed E-state index contributed by atoms with van der Waals surface area (Å²) in [5, 5.41) is 5.04. The van der Waals surface area contributed by atoms with Crippen LogP contribution in [0.5, 0.6) is 0 Å². The highest BCUT2D eigenvalue weighted by molar-refractivity contribution is 7.80. The van der Waals surface area contributed by atoms with Crippen LogP contribution in [-0.4, -0.2) is 41.8 Å². The first-order chi connectivity index (χ1) is 20.2. The van der Waals surface area contributed by atoms with Crippen LogP contribution in [0, 0.1) is 19.8 Å². The minimum Gasteiger partial charge on any atom is -0.378 e. The van der Waals surface area contributed by atoms with Gasteiger partial charge in [-0.05, 0) is 111 Å². The first kappa shape index (κ1) is 28.6. The maximum atomic E-state index is 7.00. The number of aromatic nitrogens is 2. The molecule has 0 amide bonds. The van der Waals surface area contributed by atoms with Gasteiger partial charge in [-0.2, -0.15) is 0 Å². The van der Waals surface area contributed by atoms with Gasteiger partial charge in [0.25, 0.3) is 0 Å². The van der Waals surface area contributed by atoms with E-state index < -0.39 is 0 Å². The Morgan fingerprint density at radius 1 is 0.952 bits per heavy atom. The van der Waals surface area contributed by atoms with Gasteiger partial charge >= 0.3 is 0 Å². The van der Waals surface area contributed by atoms with Gasteiger partial charge in [0.05, 0.1) is 28.5 Å². The van der Waals surface area contributed by atoms with E-state index in [4.69, 9.17) is 28.8 Å². The molecular formula is C34H39ClN6S. The lowest BCUT2D eigenvalue weighted by Crippen LogP contribution is -2.33. The average Bonchev–Trinajstić information content (AvgIpc) is 3.48. The zero-order valence-electron chi connectivity index (χ0n) is 25.0. The summed E-state index contributed by atoms with van der Waals surface area (Å²) in [4.78, 5) is 11.5. The van der Waals surface area contributed by atoms with Crippen molar-refractivity contribution in [3.8, 4) is 5.69 Å². The van der Waals surface area contributed by atoms with Crippen LogP contribution in [0.4, 0.5) is 17.1 Å². The van der Waals surface area contributed by atoms with E-state index in [1.54, 1.807) is 0 Å². The monoisotopic (exact) mass is 598 g/mol. The van der Waals surface area contributed by atoms with E-state index in [-0.39, 0.29) is 12.1 Å². The van der Waals surface area contributed by atoms with Gasteiger partial charge in [0.2, 0.25) is 0 Å². The Kier molecular flexibility index (Phi) is 7.90. The summed E-state index contributed by atoms with van der Waals surface area (Å²) in [5.74, 6) is 0.765. The highest BCUT2D eigenvalue weighted by Crippen LogP contribution is 2.45. The van der Waals surface area contributed by atoms with Crippen LogP contribution < -0.4 is 20.0 Å². The van der Waals surface area contributed by atoms with Gasteiger partial charge in [0, 0.05) is 61.8 Å². The van der Waals surface area contributed by atoms with Crippen LogP contribution in [-0.2, 0) is 0 Å². The lowest BCUT2D eigenvalue weighted by atomic mass is 9.96. The van der Waals surface area contributed by atoms with E-state index in [0.717, 1.165) is 46.8 Å². The van der Waals surface area contributed by atoms with Crippen LogP contribution >= 0.6 is 23.8 Å². The van der Waals surface area contributed by atoms with Gasteiger partial charge < -0.3 is 24.6 Å². The second-order valence-electron chi connectivity index (χ2n) is 11.9. The largest absolute Gasteiger partial charge is 0.378 e. The van der Waals surface area contributed by atoms with Gasteiger partial charge in [-0.3, -0.25) is 4.98 Å². The smallest absolute Gasteiger partial charge is 0.174 e. The Balaban J connectivity index is 1.42. The molecule has 42 heavy (non-hydrogen) atoms. The van der Waals surface area contributed by atoms with Crippen LogP contribution in [0.25, 0.3) is 5.69 Å². The number of nitrogens with zero attached hydrogens (tertiary/aromatic N) is 5. The van der Waals surface area contributed by atoms with Crippen molar-refractivity contribution >= 4 is 46.0 Å². The summed E-state index contributed by atoms with van der Waals surface area (Å²) in [5.41, 5.74) is 8.91. The van der Waals surface area contributed by atoms with Gasteiger partial charge in [-0.1, -0.05) is 24.6 Å². The summed E-state index contributed by atoms with van der Waals surface area (Å²) < 4.78 is 2.33. The van der Waals surface area contributed by atoms with E-state index in [1.165, 1.54) is 35.5 Å². The van der Waals surface area contributed by atoms with Crippen molar-refractivity contribution in [3.05, 3.63) is 101 Å². The van der Waals surface area contributed by atoms with Crippen molar-refractivity contribution in [1.82, 2.24) is 14.9 Å². The lowest BCUT2D eigenvalue weighted by Gasteiger charge is -2.33. The predicted molar refractivity (Wildman–Crippen MR) is 180 cm³/mol. The topological polar surface area (TPSA) is 39.6 Å². The highest BCUT2D eigenvalue weighted by atomic mass is 35.5. The molecular weight excluding hydrogens is 560 g/mol. The molecule has 0 radical (unpaired) electrons. The number of halogens is 1. The first-order valence-corrected chi connectivity index (χ1v) is 15.5. The molecule has 4 heterocycles. The molecule has 2 aliphatic rings. The third-order valence-corrected chi connectivity index (χ3v) is 9.46. The van der Waals surface area contributed by atoms with E-state index in [1.807, 2.05) is 18.3 Å². The fraction of sp³-hybridized carbons (Fsp3) is 0.353. The Bertz CT molecular complexity index is 1570. The SMILES string of the molecule is Cc1cc([C@H]2[C@@H](c3ccccn3)NC(=S)N2c2ccc(N3CCC(C)CC3)c(Cl)c2)c(C)n1-c1ccc(N(C)C)cc1. The number of pyridine rings is 1. The molecule has 1 N–H and O–H groups in total. The molecule has 218 valence electrons. The number of hydrogen-bond acceptors (Lipinski definition) is 4. The molecule has 0 unspecified atom stereocenters. The van der Waals surface area contributed by atoms with Gasteiger partial charge in [-0.15, -0.1) is 0 Å². The molecule has 2 atom stereocenters. The Morgan fingerprint density at radius 2 is 1.67 bits per heavy atom. The average molecular weight is 599 g/mol. The molecule has 2 fully saturated rings. The van der Waals surface area contributed by atoms with Crippen molar-refractivity contribution in [1.29, 1.82) is 0 Å². The zero-order chi connectivity index (χ0) is 29.5. The van der Waals surface area contributed by atoms with Crippen molar-refractivity contribution in [2.75, 3.05) is 41.9 Å². The number of benzene rings is 2. The number of rotatable bonds is 6. The number of nitrogens with one attached hydrogen (secondary N) is 1. The van der Waals surface area contributed by atoms with Gasteiger partial charge in [0.1, 0.15) is 0 Å². The van der Waals surface area contributed by atoms with Gasteiger partial charge in [0.15, 0.2) is 5.11 Å². The molecule has 6 rings (SSSR count). The Hall–Kier alpha value is -3.55. The van der Waals surface area contributed by atoms with Gasteiger partial charge in [-0.25, -0.2) is 0 Å². The molecule has 8 heteroatoms. The van der Waals surface area contributed by atoms with Crippen LogP contribution in [0.1, 0.15) is 54.5 Å². The molecule has 0 spiro atoms. The van der Waals surface area contributed by atoms with Crippen LogP contribution in [0.3, 0.4) is 0 Å². The second-order valence-corrected chi connectivity index (χ2v) is 12.7. The quantitative estimate of drug-likeness (QED) is 0.230. The van der Waals surface area contributed by atoms with Crippen molar-refractivity contribution in [2.24, 2.45) is 5.92 Å². The fourth-order valence-corrected chi connectivity index (χ4v) is 7.13. The number of anilines is 3. The maximum Gasteiger partial charge on any atom is 0.174 e. The highest BCUT2D eigenvalue weighted by Gasteiger charge is 2.42. The minimum absolute atomic E-state index is 0.105.